The number of likely N-dealkylation sites (tertiary alicyclic amines) is 1. The van der Waals surface area contributed by atoms with Crippen molar-refractivity contribution >= 4 is 23.2 Å². The van der Waals surface area contributed by atoms with Crippen LogP contribution in [0.25, 0.3) is 16.4 Å². The minimum absolute atomic E-state index is 0.144. The van der Waals surface area contributed by atoms with Crippen molar-refractivity contribution in [3.63, 3.8) is 0 Å². The fourth-order valence-corrected chi connectivity index (χ4v) is 6.78. The first kappa shape index (κ1) is 29.9. The molecule has 12 heteroatoms. The second-order valence-corrected chi connectivity index (χ2v) is 12.3. The third-order valence-corrected chi connectivity index (χ3v) is 9.49. The van der Waals surface area contributed by atoms with Crippen LogP contribution in [0, 0.1) is 19.8 Å². The maximum Gasteiger partial charge on any atom is 0.434 e. The molecule has 0 unspecified atom stereocenters. The molecule has 0 spiro atoms. The van der Waals surface area contributed by atoms with Crippen LogP contribution in [0.4, 0.5) is 13.2 Å². The summed E-state index contributed by atoms with van der Waals surface area (Å²) in [4.78, 5) is 31.0. The summed E-state index contributed by atoms with van der Waals surface area (Å²) in [6.45, 7) is 5.77. The van der Waals surface area contributed by atoms with Crippen molar-refractivity contribution < 1.29 is 32.6 Å². The Balaban J connectivity index is 1.18. The molecule has 2 aliphatic rings. The largest absolute Gasteiger partial charge is 0.489 e. The Morgan fingerprint density at radius 2 is 1.82 bits per heavy atom. The van der Waals surface area contributed by atoms with E-state index in [-0.39, 0.29) is 18.3 Å². The summed E-state index contributed by atoms with van der Waals surface area (Å²) in [7, 11) is 0. The molecule has 1 aliphatic carbocycles. The predicted molar refractivity (Wildman–Crippen MR) is 158 cm³/mol. The molecule has 1 saturated heterocycles. The van der Waals surface area contributed by atoms with Gasteiger partial charge in [0.1, 0.15) is 17.9 Å². The molecule has 2 fully saturated rings. The lowest BCUT2D eigenvalue weighted by molar-refractivity contribution is -0.143. The highest BCUT2D eigenvalue weighted by Crippen LogP contribution is 2.38. The van der Waals surface area contributed by atoms with Gasteiger partial charge in [-0.2, -0.15) is 18.3 Å². The third kappa shape index (κ3) is 5.95. The van der Waals surface area contributed by atoms with E-state index in [2.05, 4.69) is 22.2 Å². The number of carbonyl (C=O) groups excluding carboxylic acids is 1. The first-order chi connectivity index (χ1) is 21.0. The Kier molecular flexibility index (Phi) is 7.95. The minimum Gasteiger partial charge on any atom is -0.489 e. The van der Waals surface area contributed by atoms with Gasteiger partial charge >= 0.3 is 12.1 Å². The molecule has 3 aromatic heterocycles. The lowest BCUT2D eigenvalue weighted by Crippen LogP contribution is -2.38. The molecule has 8 nitrogen and oxygen atoms in total. The molecule has 1 aromatic carbocycles. The normalized spacial score (nSPS) is 15.9. The number of aromatic carboxylic acids is 1. The van der Waals surface area contributed by atoms with Gasteiger partial charge in [-0.3, -0.25) is 4.79 Å². The Labute approximate surface area is 256 Å². The van der Waals surface area contributed by atoms with Crippen molar-refractivity contribution in [2.45, 2.75) is 58.2 Å². The molecule has 230 valence electrons. The Hall–Kier alpha value is -4.19. The van der Waals surface area contributed by atoms with Gasteiger partial charge < -0.3 is 14.7 Å². The summed E-state index contributed by atoms with van der Waals surface area (Å²) in [5, 5.41) is 14.9. The van der Waals surface area contributed by atoms with E-state index in [1.807, 2.05) is 30.2 Å². The molecule has 1 amide bonds. The van der Waals surface area contributed by atoms with E-state index in [4.69, 9.17) is 4.74 Å². The van der Waals surface area contributed by atoms with Crippen molar-refractivity contribution in [1.29, 1.82) is 0 Å². The van der Waals surface area contributed by atoms with Crippen LogP contribution in [0.2, 0.25) is 0 Å². The summed E-state index contributed by atoms with van der Waals surface area (Å²) in [5.74, 6) is -0.164. The average molecular weight is 625 g/mol. The summed E-state index contributed by atoms with van der Waals surface area (Å²) in [5.41, 5.74) is 2.16. The van der Waals surface area contributed by atoms with Gasteiger partial charge in [-0.05, 0) is 85.7 Å². The van der Waals surface area contributed by atoms with E-state index in [1.54, 1.807) is 12.1 Å². The van der Waals surface area contributed by atoms with Gasteiger partial charge in [0, 0.05) is 24.6 Å². The highest BCUT2D eigenvalue weighted by atomic mass is 32.1. The topological polar surface area (TPSA) is 97.6 Å². The van der Waals surface area contributed by atoms with Gasteiger partial charge in [0.05, 0.1) is 16.8 Å². The first-order valence-electron chi connectivity index (χ1n) is 14.5. The third-order valence-electron chi connectivity index (χ3n) is 8.33. The van der Waals surface area contributed by atoms with Crippen LogP contribution in [-0.4, -0.2) is 49.7 Å². The number of aromatic nitrogens is 3. The van der Waals surface area contributed by atoms with Crippen LogP contribution in [-0.2, 0) is 17.6 Å². The molecule has 44 heavy (non-hydrogen) atoms. The Morgan fingerprint density at radius 1 is 1.07 bits per heavy atom. The second kappa shape index (κ2) is 11.7. The van der Waals surface area contributed by atoms with Crippen LogP contribution in [0.15, 0.2) is 48.0 Å². The van der Waals surface area contributed by atoms with Gasteiger partial charge in [0.2, 0.25) is 5.91 Å². The Morgan fingerprint density at radius 3 is 2.48 bits per heavy atom. The fraction of sp³-hybridized carbons (Fsp3) is 0.375. The van der Waals surface area contributed by atoms with Gasteiger partial charge in [-0.1, -0.05) is 18.2 Å². The number of hydrogen-bond donors (Lipinski definition) is 1. The first-order valence-corrected chi connectivity index (χ1v) is 15.3. The van der Waals surface area contributed by atoms with Gasteiger partial charge in [-0.25, -0.2) is 14.5 Å². The van der Waals surface area contributed by atoms with Gasteiger partial charge in [-0.15, -0.1) is 11.3 Å². The quantitative estimate of drug-likeness (QED) is 0.226. The smallest absolute Gasteiger partial charge is 0.434 e. The number of benzene rings is 1. The summed E-state index contributed by atoms with van der Waals surface area (Å²) in [6, 6.07) is 10.8. The molecule has 0 radical (unpaired) electrons. The number of hydrogen-bond acceptors (Lipinski definition) is 6. The van der Waals surface area contributed by atoms with E-state index >= 15 is 0 Å². The number of carboxylic acids is 1. The van der Waals surface area contributed by atoms with Crippen LogP contribution in [0.5, 0.6) is 5.75 Å². The van der Waals surface area contributed by atoms with E-state index in [9.17, 15) is 27.9 Å². The van der Waals surface area contributed by atoms with E-state index in [0.717, 1.165) is 66.1 Å². The number of ether oxygens (including phenoxy) is 1. The molecule has 0 atom stereocenters. The molecule has 1 N–H and O–H groups in total. The molecular formula is C32H31F3N4O4S. The highest BCUT2D eigenvalue weighted by molar-refractivity contribution is 7.13. The molecule has 6 rings (SSSR count). The van der Waals surface area contributed by atoms with Crippen molar-refractivity contribution in [2.75, 3.05) is 13.1 Å². The maximum absolute atomic E-state index is 13.8. The van der Waals surface area contributed by atoms with Crippen LogP contribution in [0.3, 0.4) is 0 Å². The lowest BCUT2D eigenvalue weighted by Gasteiger charge is -2.32. The molecule has 4 aromatic rings. The van der Waals surface area contributed by atoms with Crippen LogP contribution < -0.4 is 4.74 Å². The van der Waals surface area contributed by atoms with Crippen molar-refractivity contribution in [3.8, 4) is 22.1 Å². The Bertz CT molecular complexity index is 1720. The zero-order chi connectivity index (χ0) is 31.2. The number of pyridine rings is 1. The van der Waals surface area contributed by atoms with Crippen molar-refractivity contribution in [3.05, 3.63) is 81.5 Å². The average Bonchev–Trinajstić information content (AvgIpc) is 3.63. The monoisotopic (exact) mass is 624 g/mol. The highest BCUT2D eigenvalue weighted by Gasteiger charge is 2.41. The van der Waals surface area contributed by atoms with Crippen molar-refractivity contribution in [2.24, 2.45) is 5.92 Å². The number of nitrogens with zero attached hydrogens (tertiary/aromatic N) is 4. The molecule has 1 saturated carbocycles. The van der Waals surface area contributed by atoms with Gasteiger partial charge in [0.15, 0.2) is 11.5 Å². The number of rotatable bonds is 8. The summed E-state index contributed by atoms with van der Waals surface area (Å²) >= 11 is 1.40. The number of amides is 1. The summed E-state index contributed by atoms with van der Waals surface area (Å²) in [6.07, 6.45) is -0.318. The molecule has 4 heterocycles. The van der Waals surface area contributed by atoms with E-state index in [1.165, 1.54) is 23.0 Å². The molecular weight excluding hydrogens is 593 g/mol. The molecule has 1 aliphatic heterocycles. The zero-order valence-electron chi connectivity index (χ0n) is 24.2. The van der Waals surface area contributed by atoms with Crippen LogP contribution >= 0.6 is 11.3 Å². The zero-order valence-corrected chi connectivity index (χ0v) is 25.0. The second-order valence-electron chi connectivity index (χ2n) is 11.4. The number of alkyl halides is 3. The van der Waals surface area contributed by atoms with Crippen molar-refractivity contribution in [1.82, 2.24) is 19.7 Å². The number of aryl methyl sites for hydroxylation is 2. The predicted octanol–water partition coefficient (Wildman–Crippen LogP) is 7.02. The lowest BCUT2D eigenvalue weighted by atomic mass is 9.88. The van der Waals surface area contributed by atoms with Crippen LogP contribution in [0.1, 0.15) is 69.9 Å². The number of thiophene rings is 1. The van der Waals surface area contributed by atoms with Gasteiger partial charge in [0.25, 0.3) is 0 Å². The standard InChI is InChI=1S/C32H31F3N4O4S/c1-18-14-22(20-10-12-38(13-11-20)30(40)21-6-7-21)8-9-26(18)43-16-24-19(2)17-44-28(24)25-4-3-5-27(37-25)39-29(32(33,34)35)23(15-36-39)31(41)42/h3-5,8-9,14-15,17,20-21H,6-7,10-13,16H2,1-2H3,(H,41,42). The number of halogens is 3. The number of carbonyl (C=O) groups is 2. The fourth-order valence-electron chi connectivity index (χ4n) is 5.74. The minimum atomic E-state index is -4.94. The summed E-state index contributed by atoms with van der Waals surface area (Å²) < 4.78 is 48.2. The van der Waals surface area contributed by atoms with E-state index < -0.39 is 23.4 Å². The SMILES string of the molecule is Cc1cc(C2CCN(C(=O)C3CC3)CC2)ccc1OCc1c(C)csc1-c1cccc(-n2ncc(C(=O)O)c2C(F)(F)F)n1. The van der Waals surface area contributed by atoms with E-state index in [0.29, 0.717) is 28.4 Å². The number of piperidine rings is 1. The maximum atomic E-state index is 13.8. The number of carboxylic acid groups (broad SMARTS) is 1. The molecule has 0 bridgehead atoms.